The molecule has 0 bridgehead atoms. The fourth-order valence-electron chi connectivity index (χ4n) is 3.39. The largest absolute Gasteiger partial charge is 0.497 e. The number of nitrogens with zero attached hydrogens (tertiary/aromatic N) is 6. The van der Waals surface area contributed by atoms with E-state index in [2.05, 4.69) is 26.2 Å². The van der Waals surface area contributed by atoms with E-state index in [1.165, 1.54) is 10.1 Å². The Kier molecular flexibility index (Phi) is 4.12. The maximum absolute atomic E-state index is 6.13. The van der Waals surface area contributed by atoms with Crippen molar-refractivity contribution >= 4 is 22.6 Å². The molecule has 0 atom stereocenters. The van der Waals surface area contributed by atoms with Crippen molar-refractivity contribution in [1.29, 1.82) is 0 Å². The first-order chi connectivity index (χ1) is 14.2. The zero-order valence-corrected chi connectivity index (χ0v) is 15.8. The Morgan fingerprint density at radius 3 is 2.90 bits per heavy atom. The van der Waals surface area contributed by atoms with Gasteiger partial charge in [-0.15, -0.1) is 5.10 Å². The van der Waals surface area contributed by atoms with E-state index in [1.54, 1.807) is 31.7 Å². The number of benzene rings is 1. The number of aromatic nitrogens is 6. The van der Waals surface area contributed by atoms with E-state index in [1.807, 2.05) is 22.9 Å². The Hall–Kier alpha value is -3.88. The molecule has 0 aliphatic carbocycles. The number of furan rings is 1. The number of ether oxygens (including phenoxy) is 1. The van der Waals surface area contributed by atoms with Gasteiger partial charge in [-0.3, -0.25) is 0 Å². The number of fused-ring (bicyclic) bond motifs is 3. The Labute approximate surface area is 165 Å². The number of nitrogens with two attached hydrogens (primary N) is 1. The van der Waals surface area contributed by atoms with Gasteiger partial charge in [0, 0.05) is 6.54 Å². The highest BCUT2D eigenvalue weighted by atomic mass is 16.5. The minimum absolute atomic E-state index is 0.257. The molecule has 2 N–H and O–H groups in total. The van der Waals surface area contributed by atoms with Gasteiger partial charge in [0.15, 0.2) is 17.1 Å². The molecule has 1 aromatic carbocycles. The first-order valence-electron chi connectivity index (χ1n) is 9.27. The molecule has 4 aromatic heterocycles. The number of nitrogen functional groups attached to an aromatic ring is 1. The minimum atomic E-state index is 0.257. The lowest BCUT2D eigenvalue weighted by molar-refractivity contribution is 0.414. The molecule has 0 saturated heterocycles. The molecule has 0 aliphatic heterocycles. The number of hydrogen-bond acceptors (Lipinski definition) is 7. The summed E-state index contributed by atoms with van der Waals surface area (Å²) in [5.74, 6) is 2.16. The van der Waals surface area contributed by atoms with Crippen LogP contribution in [0.2, 0.25) is 0 Å². The van der Waals surface area contributed by atoms with E-state index in [9.17, 15) is 0 Å². The summed E-state index contributed by atoms with van der Waals surface area (Å²) < 4.78 is 14.0. The quantitative estimate of drug-likeness (QED) is 0.475. The van der Waals surface area contributed by atoms with E-state index < -0.39 is 0 Å². The van der Waals surface area contributed by atoms with Crippen LogP contribution in [0.5, 0.6) is 5.75 Å². The molecule has 146 valence electrons. The highest BCUT2D eigenvalue weighted by molar-refractivity contribution is 5.90. The second-order valence-corrected chi connectivity index (χ2v) is 6.68. The van der Waals surface area contributed by atoms with Crippen molar-refractivity contribution in [2.24, 2.45) is 0 Å². The molecule has 5 rings (SSSR count). The fraction of sp³-hybridized carbons (Fsp3) is 0.200. The van der Waals surface area contributed by atoms with E-state index >= 15 is 0 Å². The predicted octanol–water partition coefficient (Wildman–Crippen LogP) is 2.96. The monoisotopic (exact) mass is 389 g/mol. The molecular weight excluding hydrogens is 370 g/mol. The van der Waals surface area contributed by atoms with E-state index in [0.29, 0.717) is 29.4 Å². The Morgan fingerprint density at radius 2 is 2.07 bits per heavy atom. The smallest absolute Gasteiger partial charge is 0.225 e. The van der Waals surface area contributed by atoms with Crippen molar-refractivity contribution in [3.63, 3.8) is 0 Å². The molecule has 5 aromatic rings. The first kappa shape index (κ1) is 17.2. The van der Waals surface area contributed by atoms with E-state index in [4.69, 9.17) is 14.9 Å². The molecule has 9 nitrogen and oxygen atoms in total. The van der Waals surface area contributed by atoms with Crippen LogP contribution in [-0.4, -0.2) is 36.5 Å². The lowest BCUT2D eigenvalue weighted by Gasteiger charge is -2.06. The topological polar surface area (TPSA) is 109 Å². The van der Waals surface area contributed by atoms with Gasteiger partial charge in [-0.1, -0.05) is 12.1 Å². The zero-order chi connectivity index (χ0) is 19.8. The summed E-state index contributed by atoms with van der Waals surface area (Å²) in [4.78, 5) is 9.07. The third-order valence-electron chi connectivity index (χ3n) is 4.81. The summed E-state index contributed by atoms with van der Waals surface area (Å²) in [6, 6.07) is 11.7. The highest BCUT2D eigenvalue weighted by Gasteiger charge is 2.17. The van der Waals surface area contributed by atoms with Gasteiger partial charge in [0.2, 0.25) is 11.8 Å². The third kappa shape index (κ3) is 3.06. The summed E-state index contributed by atoms with van der Waals surface area (Å²) >= 11 is 0. The zero-order valence-electron chi connectivity index (χ0n) is 15.8. The van der Waals surface area contributed by atoms with Gasteiger partial charge >= 0.3 is 0 Å². The fourth-order valence-corrected chi connectivity index (χ4v) is 3.39. The maximum Gasteiger partial charge on any atom is 0.225 e. The van der Waals surface area contributed by atoms with Crippen molar-refractivity contribution < 1.29 is 9.15 Å². The molecule has 0 radical (unpaired) electrons. The van der Waals surface area contributed by atoms with Crippen molar-refractivity contribution in [3.8, 4) is 17.3 Å². The van der Waals surface area contributed by atoms with Crippen molar-refractivity contribution in [2.45, 2.75) is 19.4 Å². The molecule has 0 unspecified atom stereocenters. The summed E-state index contributed by atoms with van der Waals surface area (Å²) in [6.45, 7) is 0.711. The third-order valence-corrected chi connectivity index (χ3v) is 4.81. The molecular formula is C20H19N7O2. The van der Waals surface area contributed by atoms with Gasteiger partial charge in [0.05, 0.1) is 25.0 Å². The Balaban J connectivity index is 1.43. The van der Waals surface area contributed by atoms with Crippen LogP contribution in [0.15, 0.2) is 53.3 Å². The standard InChI is InChI=1S/C20H19N7O2/c1-28-14-7-2-5-13(11-14)6-3-9-26-18-15(12-22-26)19-23-17(16-8-4-10-29-16)25-27(19)20(21)24-18/h2,4-5,7-8,10-12H,3,6,9H2,1H3,(H2,21,24). The van der Waals surface area contributed by atoms with Crippen LogP contribution < -0.4 is 10.5 Å². The first-order valence-corrected chi connectivity index (χ1v) is 9.27. The van der Waals surface area contributed by atoms with E-state index in [-0.39, 0.29) is 5.95 Å². The summed E-state index contributed by atoms with van der Waals surface area (Å²) in [7, 11) is 1.67. The Morgan fingerprint density at radius 1 is 1.14 bits per heavy atom. The molecule has 29 heavy (non-hydrogen) atoms. The van der Waals surface area contributed by atoms with Crippen LogP contribution in [-0.2, 0) is 13.0 Å². The highest BCUT2D eigenvalue weighted by Crippen LogP contribution is 2.23. The van der Waals surface area contributed by atoms with Crippen molar-refractivity contribution in [3.05, 3.63) is 54.4 Å². The van der Waals surface area contributed by atoms with Gasteiger partial charge in [0.25, 0.3) is 0 Å². The Bertz CT molecular complexity index is 1290. The van der Waals surface area contributed by atoms with Crippen molar-refractivity contribution in [1.82, 2.24) is 29.4 Å². The molecule has 0 amide bonds. The van der Waals surface area contributed by atoms with Gasteiger partial charge in [-0.2, -0.15) is 14.6 Å². The van der Waals surface area contributed by atoms with Crippen LogP contribution in [0.3, 0.4) is 0 Å². The molecule has 0 aliphatic rings. The molecule has 0 saturated carbocycles. The average molecular weight is 389 g/mol. The molecule has 4 heterocycles. The van der Waals surface area contributed by atoms with Crippen LogP contribution >= 0.6 is 0 Å². The van der Waals surface area contributed by atoms with Gasteiger partial charge in [-0.25, -0.2) is 9.67 Å². The van der Waals surface area contributed by atoms with Crippen LogP contribution in [0.4, 0.5) is 5.95 Å². The summed E-state index contributed by atoms with van der Waals surface area (Å²) in [5, 5.41) is 9.70. The number of rotatable bonds is 6. The predicted molar refractivity (Wildman–Crippen MR) is 108 cm³/mol. The number of hydrogen-bond donors (Lipinski definition) is 1. The van der Waals surface area contributed by atoms with E-state index in [0.717, 1.165) is 24.0 Å². The maximum atomic E-state index is 6.13. The second-order valence-electron chi connectivity index (χ2n) is 6.68. The number of aryl methyl sites for hydroxylation is 2. The lowest BCUT2D eigenvalue weighted by Crippen LogP contribution is -2.06. The van der Waals surface area contributed by atoms with Gasteiger partial charge in [0.1, 0.15) is 5.75 Å². The minimum Gasteiger partial charge on any atom is -0.497 e. The number of anilines is 1. The normalized spacial score (nSPS) is 11.5. The molecule has 0 fully saturated rings. The van der Waals surface area contributed by atoms with Crippen LogP contribution in [0, 0.1) is 0 Å². The number of methoxy groups -OCH3 is 1. The van der Waals surface area contributed by atoms with Crippen LogP contribution in [0.25, 0.3) is 28.3 Å². The summed E-state index contributed by atoms with van der Waals surface area (Å²) in [6.07, 6.45) is 5.15. The van der Waals surface area contributed by atoms with Gasteiger partial charge < -0.3 is 14.9 Å². The van der Waals surface area contributed by atoms with Crippen LogP contribution in [0.1, 0.15) is 12.0 Å². The average Bonchev–Trinajstić information content (AvgIpc) is 3.48. The molecule has 0 spiro atoms. The van der Waals surface area contributed by atoms with Crippen molar-refractivity contribution in [2.75, 3.05) is 12.8 Å². The van der Waals surface area contributed by atoms with Gasteiger partial charge in [-0.05, 0) is 42.7 Å². The SMILES string of the molecule is COc1cccc(CCCn2ncc3c2nc(N)n2nc(-c4ccco4)nc32)c1. The molecule has 9 heteroatoms. The summed E-state index contributed by atoms with van der Waals surface area (Å²) in [5.41, 5.74) is 8.65. The second kappa shape index (κ2) is 6.93. The lowest BCUT2D eigenvalue weighted by atomic mass is 10.1.